The summed E-state index contributed by atoms with van der Waals surface area (Å²) < 4.78 is 9.08. The van der Waals surface area contributed by atoms with Crippen molar-refractivity contribution in [2.75, 3.05) is 23.8 Å². The van der Waals surface area contributed by atoms with Crippen LogP contribution in [0.5, 0.6) is 0 Å². The molecular formula is C15H15N3O6. The predicted molar refractivity (Wildman–Crippen MR) is 81.7 cm³/mol. The molecule has 0 aliphatic rings. The van der Waals surface area contributed by atoms with E-state index in [0.717, 1.165) is 0 Å². The molecule has 9 heteroatoms. The first-order valence-electron chi connectivity index (χ1n) is 6.93. The van der Waals surface area contributed by atoms with Gasteiger partial charge in [-0.15, -0.1) is 0 Å². The van der Waals surface area contributed by atoms with Gasteiger partial charge in [0, 0.05) is 5.69 Å². The van der Waals surface area contributed by atoms with Crippen molar-refractivity contribution >= 4 is 35.1 Å². The van der Waals surface area contributed by atoms with Gasteiger partial charge >= 0.3 is 23.8 Å². The standard InChI is InChI=1S/C15H15N3O6/c1-3-23-14(21)12(19)17-10-6-5-9(8-16)11(7-10)18-13(20)15(22)24-4-2/h5-7H,3-4H2,1-2H3,(H,17,19)(H,18,20). The lowest BCUT2D eigenvalue weighted by molar-refractivity contribution is -0.152. The lowest BCUT2D eigenvalue weighted by Gasteiger charge is -2.10. The summed E-state index contributed by atoms with van der Waals surface area (Å²) in [5.41, 5.74) is 0.171. The van der Waals surface area contributed by atoms with Crippen molar-refractivity contribution in [3.8, 4) is 6.07 Å². The molecule has 0 spiro atoms. The first kappa shape index (κ1) is 18.6. The highest BCUT2D eigenvalue weighted by Gasteiger charge is 2.18. The highest BCUT2D eigenvalue weighted by atomic mass is 16.5. The van der Waals surface area contributed by atoms with Gasteiger partial charge in [-0.3, -0.25) is 9.59 Å². The molecule has 0 atom stereocenters. The average Bonchev–Trinajstić information content (AvgIpc) is 2.55. The number of benzene rings is 1. The Morgan fingerprint density at radius 1 is 1.00 bits per heavy atom. The molecule has 2 amide bonds. The van der Waals surface area contributed by atoms with E-state index in [9.17, 15) is 19.2 Å². The minimum absolute atomic E-state index is 0.0165. The van der Waals surface area contributed by atoms with Gasteiger partial charge in [0.15, 0.2) is 0 Å². The number of esters is 2. The van der Waals surface area contributed by atoms with Gasteiger partial charge in [0.25, 0.3) is 0 Å². The summed E-state index contributed by atoms with van der Waals surface area (Å²) in [5.74, 6) is -4.26. The Labute approximate surface area is 137 Å². The maximum atomic E-state index is 11.6. The molecule has 0 aromatic heterocycles. The van der Waals surface area contributed by atoms with Crippen molar-refractivity contribution in [3.05, 3.63) is 23.8 Å². The summed E-state index contributed by atoms with van der Waals surface area (Å²) in [7, 11) is 0. The Morgan fingerprint density at radius 2 is 1.54 bits per heavy atom. The number of amides is 2. The molecule has 9 nitrogen and oxygen atoms in total. The summed E-state index contributed by atoms with van der Waals surface area (Å²) >= 11 is 0. The fraction of sp³-hybridized carbons (Fsp3) is 0.267. The summed E-state index contributed by atoms with van der Waals surface area (Å²) in [6.45, 7) is 3.15. The zero-order chi connectivity index (χ0) is 18.1. The third-order valence-corrected chi connectivity index (χ3v) is 2.57. The fourth-order valence-electron chi connectivity index (χ4n) is 1.57. The van der Waals surface area contributed by atoms with Gasteiger partial charge in [0.05, 0.1) is 24.5 Å². The monoisotopic (exact) mass is 333 g/mol. The summed E-state index contributed by atoms with van der Waals surface area (Å²) in [4.78, 5) is 45.8. The van der Waals surface area contributed by atoms with Crippen LogP contribution < -0.4 is 10.6 Å². The number of hydrogen-bond acceptors (Lipinski definition) is 7. The van der Waals surface area contributed by atoms with E-state index in [0.29, 0.717) is 0 Å². The molecule has 0 unspecified atom stereocenters. The number of carbonyl (C=O) groups is 4. The summed E-state index contributed by atoms with van der Waals surface area (Å²) in [5, 5.41) is 13.5. The average molecular weight is 333 g/mol. The maximum absolute atomic E-state index is 11.6. The van der Waals surface area contributed by atoms with Crippen LogP contribution in [-0.2, 0) is 28.7 Å². The van der Waals surface area contributed by atoms with E-state index >= 15 is 0 Å². The van der Waals surface area contributed by atoms with Crippen molar-refractivity contribution in [2.45, 2.75) is 13.8 Å². The van der Waals surface area contributed by atoms with Gasteiger partial charge in [-0.2, -0.15) is 5.26 Å². The zero-order valence-electron chi connectivity index (χ0n) is 13.0. The number of rotatable bonds is 4. The van der Waals surface area contributed by atoms with E-state index in [-0.39, 0.29) is 30.2 Å². The topological polar surface area (TPSA) is 135 Å². The Bertz CT molecular complexity index is 708. The van der Waals surface area contributed by atoms with Crippen LogP contribution in [0.25, 0.3) is 0 Å². The SMILES string of the molecule is CCOC(=O)C(=O)Nc1ccc(C#N)c(NC(=O)C(=O)OCC)c1. The van der Waals surface area contributed by atoms with Crippen LogP contribution in [0.15, 0.2) is 18.2 Å². The third-order valence-electron chi connectivity index (χ3n) is 2.57. The summed E-state index contributed by atoms with van der Waals surface area (Å²) in [6, 6.07) is 5.72. The minimum atomic E-state index is -1.11. The van der Waals surface area contributed by atoms with Crippen LogP contribution >= 0.6 is 0 Å². The van der Waals surface area contributed by atoms with Crippen molar-refractivity contribution in [1.82, 2.24) is 0 Å². The molecule has 24 heavy (non-hydrogen) atoms. The lowest BCUT2D eigenvalue weighted by atomic mass is 10.1. The minimum Gasteiger partial charge on any atom is -0.459 e. The van der Waals surface area contributed by atoms with Crippen molar-refractivity contribution in [3.63, 3.8) is 0 Å². The number of hydrogen-bond donors (Lipinski definition) is 2. The number of nitrogens with zero attached hydrogens (tertiary/aromatic N) is 1. The van der Waals surface area contributed by atoms with Crippen LogP contribution in [0.1, 0.15) is 19.4 Å². The largest absolute Gasteiger partial charge is 0.459 e. The number of nitrogens with one attached hydrogen (secondary N) is 2. The molecular weight excluding hydrogens is 318 g/mol. The Kier molecular flexibility index (Phi) is 6.91. The van der Waals surface area contributed by atoms with E-state index < -0.39 is 23.8 Å². The van der Waals surface area contributed by atoms with Gasteiger partial charge in [0.1, 0.15) is 6.07 Å². The number of nitriles is 1. The molecule has 0 saturated heterocycles. The second-order valence-corrected chi connectivity index (χ2v) is 4.22. The Morgan fingerprint density at radius 3 is 2.04 bits per heavy atom. The Hall–Kier alpha value is -3.41. The van der Waals surface area contributed by atoms with Crippen LogP contribution in [0.2, 0.25) is 0 Å². The molecule has 1 rings (SSSR count). The smallest absolute Gasteiger partial charge is 0.397 e. The number of carbonyl (C=O) groups excluding carboxylic acids is 4. The molecule has 2 N–H and O–H groups in total. The van der Waals surface area contributed by atoms with Crippen molar-refractivity contribution in [1.29, 1.82) is 5.26 Å². The molecule has 0 bridgehead atoms. The Balaban J connectivity index is 2.94. The van der Waals surface area contributed by atoms with Crippen LogP contribution in [0.4, 0.5) is 11.4 Å². The molecule has 0 aliphatic heterocycles. The van der Waals surface area contributed by atoms with Gasteiger partial charge < -0.3 is 20.1 Å². The molecule has 126 valence electrons. The van der Waals surface area contributed by atoms with Gasteiger partial charge in [-0.1, -0.05) is 0 Å². The van der Waals surface area contributed by atoms with Gasteiger partial charge in [0.2, 0.25) is 0 Å². The van der Waals surface area contributed by atoms with Crippen molar-refractivity contribution < 1.29 is 28.7 Å². The highest BCUT2D eigenvalue weighted by Crippen LogP contribution is 2.20. The first-order valence-corrected chi connectivity index (χ1v) is 6.93. The van der Waals surface area contributed by atoms with E-state index in [2.05, 4.69) is 20.1 Å². The van der Waals surface area contributed by atoms with Crippen LogP contribution in [0, 0.1) is 11.3 Å². The first-order chi connectivity index (χ1) is 11.4. The van der Waals surface area contributed by atoms with Gasteiger partial charge in [-0.05, 0) is 32.0 Å². The predicted octanol–water partition coefficient (Wildman–Crippen LogP) is 0.561. The molecule has 0 aliphatic carbocycles. The molecule has 0 radical (unpaired) electrons. The highest BCUT2D eigenvalue weighted by molar-refractivity contribution is 6.38. The zero-order valence-corrected chi connectivity index (χ0v) is 13.0. The molecule has 1 aromatic rings. The van der Waals surface area contributed by atoms with E-state index in [4.69, 9.17) is 5.26 Å². The molecule has 0 heterocycles. The normalized spacial score (nSPS) is 9.38. The van der Waals surface area contributed by atoms with E-state index in [1.54, 1.807) is 6.92 Å². The molecule has 0 fully saturated rings. The van der Waals surface area contributed by atoms with Crippen LogP contribution in [-0.4, -0.2) is 37.0 Å². The maximum Gasteiger partial charge on any atom is 0.397 e. The lowest BCUT2D eigenvalue weighted by Crippen LogP contribution is -2.26. The second kappa shape index (κ2) is 8.89. The van der Waals surface area contributed by atoms with E-state index in [1.807, 2.05) is 6.07 Å². The molecule has 1 aromatic carbocycles. The van der Waals surface area contributed by atoms with Gasteiger partial charge in [-0.25, -0.2) is 9.59 Å². The second-order valence-electron chi connectivity index (χ2n) is 4.22. The third kappa shape index (κ3) is 5.10. The fourth-order valence-corrected chi connectivity index (χ4v) is 1.57. The van der Waals surface area contributed by atoms with Crippen molar-refractivity contribution in [2.24, 2.45) is 0 Å². The quantitative estimate of drug-likeness (QED) is 0.607. The van der Waals surface area contributed by atoms with E-state index in [1.165, 1.54) is 25.1 Å². The number of anilines is 2. The summed E-state index contributed by atoms with van der Waals surface area (Å²) in [6.07, 6.45) is 0. The number of ether oxygens (including phenoxy) is 2. The van der Waals surface area contributed by atoms with Crippen LogP contribution in [0.3, 0.4) is 0 Å². The molecule has 0 saturated carbocycles.